The van der Waals surface area contributed by atoms with E-state index in [1.165, 1.54) is 13.2 Å². The van der Waals surface area contributed by atoms with Gasteiger partial charge < -0.3 is 10.5 Å². The Bertz CT molecular complexity index is 650. The summed E-state index contributed by atoms with van der Waals surface area (Å²) in [5.74, 6) is 0.568. The maximum absolute atomic E-state index is 9.07. The molecule has 0 amide bonds. The zero-order valence-corrected chi connectivity index (χ0v) is 10.2. The molecular formula is C14H10N4O. The molecule has 0 saturated carbocycles. The second kappa shape index (κ2) is 6.49. The molecule has 5 nitrogen and oxygen atoms in total. The van der Waals surface area contributed by atoms with Crippen LogP contribution >= 0.6 is 0 Å². The summed E-state index contributed by atoms with van der Waals surface area (Å²) in [6, 6.07) is 12.2. The third-order valence-electron chi connectivity index (χ3n) is 2.34. The van der Waals surface area contributed by atoms with Gasteiger partial charge in [0.2, 0.25) is 0 Å². The van der Waals surface area contributed by atoms with Crippen LogP contribution < -0.4 is 10.5 Å². The van der Waals surface area contributed by atoms with Gasteiger partial charge in [0.15, 0.2) is 5.57 Å². The van der Waals surface area contributed by atoms with Crippen molar-refractivity contribution >= 4 is 6.08 Å². The number of methoxy groups -OCH3 is 1. The fourth-order valence-electron chi connectivity index (χ4n) is 1.39. The molecule has 1 aromatic rings. The van der Waals surface area contributed by atoms with Crippen LogP contribution in [0.3, 0.4) is 0 Å². The van der Waals surface area contributed by atoms with Crippen molar-refractivity contribution in [2.45, 2.75) is 0 Å². The number of nitrogens with zero attached hydrogens (tertiary/aromatic N) is 3. The van der Waals surface area contributed by atoms with Gasteiger partial charge in [-0.2, -0.15) is 15.8 Å². The molecule has 0 saturated heterocycles. The largest absolute Gasteiger partial charge is 0.496 e. The van der Waals surface area contributed by atoms with Crippen molar-refractivity contribution in [3.05, 3.63) is 46.7 Å². The van der Waals surface area contributed by atoms with Gasteiger partial charge in [0.05, 0.1) is 18.4 Å². The Kier molecular flexibility index (Phi) is 4.73. The molecule has 0 unspecified atom stereocenters. The first kappa shape index (κ1) is 13.8. The normalized spacial score (nSPS) is 9.68. The average molecular weight is 250 g/mol. The molecule has 2 N–H and O–H groups in total. The average Bonchev–Trinajstić information content (AvgIpc) is 2.46. The lowest BCUT2D eigenvalue weighted by Crippen LogP contribution is -2.03. The third-order valence-corrected chi connectivity index (χ3v) is 2.34. The third kappa shape index (κ3) is 3.12. The summed E-state index contributed by atoms with van der Waals surface area (Å²) in [5, 5.41) is 26.5. The molecule has 1 rings (SSSR count). The van der Waals surface area contributed by atoms with E-state index in [9.17, 15) is 0 Å². The van der Waals surface area contributed by atoms with Crippen LogP contribution in [0.4, 0.5) is 0 Å². The van der Waals surface area contributed by atoms with E-state index in [0.29, 0.717) is 11.3 Å². The quantitative estimate of drug-likeness (QED) is 0.650. The van der Waals surface area contributed by atoms with E-state index in [4.69, 9.17) is 26.3 Å². The first-order valence-corrected chi connectivity index (χ1v) is 5.23. The van der Waals surface area contributed by atoms with Gasteiger partial charge in [-0.1, -0.05) is 18.2 Å². The maximum Gasteiger partial charge on any atom is 0.153 e. The van der Waals surface area contributed by atoms with E-state index in [-0.39, 0.29) is 16.8 Å². The van der Waals surface area contributed by atoms with Crippen LogP contribution in [-0.2, 0) is 0 Å². The van der Waals surface area contributed by atoms with Crippen molar-refractivity contribution < 1.29 is 4.74 Å². The van der Waals surface area contributed by atoms with E-state index in [1.807, 2.05) is 6.07 Å². The Morgan fingerprint density at radius 3 is 2.32 bits per heavy atom. The standard InChI is InChI=1S/C14H10N4O/c1-19-13-5-3-2-4-10(13)6-11(7-15)14(18)12(8-16)9-17/h2-6H,18H2,1H3/b11-6+. The van der Waals surface area contributed by atoms with Crippen LogP contribution in [0.2, 0.25) is 0 Å². The minimum Gasteiger partial charge on any atom is -0.496 e. The molecular weight excluding hydrogens is 240 g/mol. The number of allylic oxidation sites excluding steroid dienone is 2. The van der Waals surface area contributed by atoms with Gasteiger partial charge in [-0.25, -0.2) is 0 Å². The van der Waals surface area contributed by atoms with Gasteiger partial charge >= 0.3 is 0 Å². The Labute approximate surface area is 111 Å². The van der Waals surface area contributed by atoms with Crippen LogP contribution in [0.15, 0.2) is 41.1 Å². The number of nitrogens with two attached hydrogens (primary N) is 1. The van der Waals surface area contributed by atoms with Crippen LogP contribution in [0.1, 0.15) is 5.56 Å². The molecule has 0 heterocycles. The molecule has 0 atom stereocenters. The van der Waals surface area contributed by atoms with Crippen LogP contribution in [0.5, 0.6) is 5.75 Å². The lowest BCUT2D eigenvalue weighted by Gasteiger charge is -2.05. The SMILES string of the molecule is COc1ccccc1/C=C(\C#N)C(N)=C(C#N)C#N. The monoisotopic (exact) mass is 250 g/mol. The molecule has 1 aromatic carbocycles. The van der Waals surface area contributed by atoms with E-state index >= 15 is 0 Å². The molecule has 0 spiro atoms. The predicted molar refractivity (Wildman–Crippen MR) is 69.0 cm³/mol. The summed E-state index contributed by atoms with van der Waals surface area (Å²) in [5.41, 5.74) is 5.89. The molecule has 0 aliphatic heterocycles. The number of nitriles is 3. The van der Waals surface area contributed by atoms with Crippen molar-refractivity contribution in [1.29, 1.82) is 15.8 Å². The minimum absolute atomic E-state index is 0.0441. The topological polar surface area (TPSA) is 107 Å². The predicted octanol–water partition coefficient (Wildman–Crippen LogP) is 1.86. The van der Waals surface area contributed by atoms with Gasteiger partial charge in [-0.05, 0) is 12.1 Å². The summed E-state index contributed by atoms with van der Waals surface area (Å²) in [6.45, 7) is 0. The number of rotatable bonds is 3. The van der Waals surface area contributed by atoms with Crippen molar-refractivity contribution in [1.82, 2.24) is 0 Å². The first-order valence-electron chi connectivity index (χ1n) is 5.23. The number of benzene rings is 1. The smallest absolute Gasteiger partial charge is 0.153 e. The van der Waals surface area contributed by atoms with Gasteiger partial charge in [-0.3, -0.25) is 0 Å². The number of para-hydroxylation sites is 1. The van der Waals surface area contributed by atoms with Crippen molar-refractivity contribution in [3.8, 4) is 24.0 Å². The molecule has 0 aliphatic rings. The minimum atomic E-state index is -0.289. The number of ether oxygens (including phenoxy) is 1. The molecule has 19 heavy (non-hydrogen) atoms. The van der Waals surface area contributed by atoms with Crippen molar-refractivity contribution in [3.63, 3.8) is 0 Å². The molecule has 5 heteroatoms. The summed E-state index contributed by atoms with van der Waals surface area (Å²) >= 11 is 0. The maximum atomic E-state index is 9.07. The van der Waals surface area contributed by atoms with Gasteiger partial charge in [0.25, 0.3) is 0 Å². The molecule has 0 aromatic heterocycles. The van der Waals surface area contributed by atoms with Crippen LogP contribution in [-0.4, -0.2) is 7.11 Å². The fraction of sp³-hybridized carbons (Fsp3) is 0.0714. The van der Waals surface area contributed by atoms with Crippen molar-refractivity contribution in [2.24, 2.45) is 5.73 Å². The molecule has 0 aliphatic carbocycles. The molecule has 92 valence electrons. The fourth-order valence-corrected chi connectivity index (χ4v) is 1.39. The highest BCUT2D eigenvalue weighted by atomic mass is 16.5. The second-order valence-electron chi connectivity index (χ2n) is 3.42. The molecule has 0 radical (unpaired) electrons. The van der Waals surface area contributed by atoms with Gasteiger partial charge in [0, 0.05) is 5.56 Å². The number of hydrogen-bond acceptors (Lipinski definition) is 5. The summed E-state index contributed by atoms with van der Waals surface area (Å²) in [7, 11) is 1.51. The van der Waals surface area contributed by atoms with Crippen molar-refractivity contribution in [2.75, 3.05) is 7.11 Å². The summed E-state index contributed by atoms with van der Waals surface area (Å²) < 4.78 is 5.14. The van der Waals surface area contributed by atoms with E-state index in [2.05, 4.69) is 0 Å². The zero-order valence-electron chi connectivity index (χ0n) is 10.2. The van der Waals surface area contributed by atoms with E-state index in [1.54, 1.807) is 36.4 Å². The lowest BCUT2D eigenvalue weighted by molar-refractivity contribution is 0.414. The van der Waals surface area contributed by atoms with Gasteiger partial charge in [-0.15, -0.1) is 0 Å². The highest BCUT2D eigenvalue weighted by molar-refractivity contribution is 5.69. The number of hydrogen-bond donors (Lipinski definition) is 1. The summed E-state index contributed by atoms with van der Waals surface area (Å²) in [4.78, 5) is 0. The molecule has 0 bridgehead atoms. The Balaban J connectivity index is 3.38. The van der Waals surface area contributed by atoms with Gasteiger partial charge in [0.1, 0.15) is 24.0 Å². The first-order chi connectivity index (χ1) is 9.17. The highest BCUT2D eigenvalue weighted by Crippen LogP contribution is 2.22. The summed E-state index contributed by atoms with van der Waals surface area (Å²) in [6.07, 6.45) is 1.48. The Morgan fingerprint density at radius 1 is 1.16 bits per heavy atom. The molecule has 0 fully saturated rings. The Morgan fingerprint density at radius 2 is 1.79 bits per heavy atom. The second-order valence-corrected chi connectivity index (χ2v) is 3.42. The highest BCUT2D eigenvalue weighted by Gasteiger charge is 2.09. The van der Waals surface area contributed by atoms with E-state index < -0.39 is 0 Å². The van der Waals surface area contributed by atoms with Crippen LogP contribution in [0, 0.1) is 34.0 Å². The lowest BCUT2D eigenvalue weighted by atomic mass is 10.1. The zero-order chi connectivity index (χ0) is 14.3. The Hall–Kier alpha value is -3.23. The van der Waals surface area contributed by atoms with E-state index in [0.717, 1.165) is 0 Å². The van der Waals surface area contributed by atoms with Crippen LogP contribution in [0.25, 0.3) is 6.08 Å².